The number of hydrogen-bond acceptors (Lipinski definition) is 3. The second kappa shape index (κ2) is 7.42. The first-order chi connectivity index (χ1) is 11.5. The zero-order chi connectivity index (χ0) is 17.2. The molecule has 6 heteroatoms. The lowest BCUT2D eigenvalue weighted by Gasteiger charge is -2.37. The number of rotatable bonds is 4. The average molecular weight is 341 g/mol. The van der Waals surface area contributed by atoms with E-state index in [2.05, 4.69) is 22.7 Å². The third-order valence-electron chi connectivity index (χ3n) is 5.43. The van der Waals surface area contributed by atoms with Crippen LogP contribution in [0.15, 0.2) is 24.3 Å². The molecule has 0 bridgehead atoms. The number of hydrogen-bond donors (Lipinski definition) is 2. The number of hydrazine groups is 1. The summed E-state index contributed by atoms with van der Waals surface area (Å²) in [6, 6.07) is 6.38. The summed E-state index contributed by atoms with van der Waals surface area (Å²) in [5, 5.41) is 0. The lowest BCUT2D eigenvalue weighted by Crippen LogP contribution is -2.46. The van der Waals surface area contributed by atoms with Crippen LogP contribution in [0.3, 0.4) is 0 Å². The number of likely N-dealkylation sites (tertiary alicyclic amines) is 1. The van der Waals surface area contributed by atoms with Gasteiger partial charge in [-0.1, -0.05) is 31.5 Å². The number of nitrogens with zero attached hydrogens (tertiary/aromatic N) is 1. The van der Waals surface area contributed by atoms with Gasteiger partial charge in [-0.3, -0.25) is 15.8 Å². The molecule has 0 aliphatic carbocycles. The van der Waals surface area contributed by atoms with Gasteiger partial charge in [0.2, 0.25) is 0 Å². The van der Waals surface area contributed by atoms with E-state index in [1.54, 1.807) is 12.1 Å². The van der Waals surface area contributed by atoms with Crippen molar-refractivity contribution in [3.05, 3.63) is 35.4 Å². The Balaban J connectivity index is 1.68. The molecular formula is C18H26F3N3. The van der Waals surface area contributed by atoms with Crippen molar-refractivity contribution < 1.29 is 13.2 Å². The maximum Gasteiger partial charge on any atom is 0.416 e. The van der Waals surface area contributed by atoms with Crippen LogP contribution < -0.4 is 10.9 Å². The van der Waals surface area contributed by atoms with Crippen molar-refractivity contribution in [3.8, 4) is 0 Å². The van der Waals surface area contributed by atoms with Crippen LogP contribution in [0.5, 0.6) is 0 Å². The number of piperidine rings is 1. The SMILES string of the molecule is CCC1CNNC1C1CCCN(Cc2ccccc2C(F)(F)F)C1. The molecule has 24 heavy (non-hydrogen) atoms. The minimum Gasteiger partial charge on any atom is -0.299 e. The van der Waals surface area contributed by atoms with Crippen molar-refractivity contribution >= 4 is 0 Å². The van der Waals surface area contributed by atoms with Crippen LogP contribution in [0.1, 0.15) is 37.3 Å². The Hall–Kier alpha value is -1.11. The molecule has 1 aromatic carbocycles. The van der Waals surface area contributed by atoms with Crippen LogP contribution in [0.25, 0.3) is 0 Å². The predicted molar refractivity (Wildman–Crippen MR) is 88.2 cm³/mol. The number of benzene rings is 1. The van der Waals surface area contributed by atoms with E-state index in [1.165, 1.54) is 12.1 Å². The van der Waals surface area contributed by atoms with Gasteiger partial charge >= 0.3 is 6.18 Å². The van der Waals surface area contributed by atoms with Gasteiger partial charge in [0.25, 0.3) is 0 Å². The van der Waals surface area contributed by atoms with Gasteiger partial charge in [0, 0.05) is 25.7 Å². The van der Waals surface area contributed by atoms with Crippen LogP contribution in [-0.4, -0.2) is 30.6 Å². The zero-order valence-electron chi connectivity index (χ0n) is 14.1. The van der Waals surface area contributed by atoms with Gasteiger partial charge in [-0.05, 0) is 42.9 Å². The summed E-state index contributed by atoms with van der Waals surface area (Å²) < 4.78 is 39.6. The quantitative estimate of drug-likeness (QED) is 0.879. The van der Waals surface area contributed by atoms with Crippen molar-refractivity contribution in [2.24, 2.45) is 11.8 Å². The number of alkyl halides is 3. The first kappa shape index (κ1) is 17.7. The molecule has 2 saturated heterocycles. The van der Waals surface area contributed by atoms with Crippen LogP contribution in [0.4, 0.5) is 13.2 Å². The van der Waals surface area contributed by atoms with E-state index in [9.17, 15) is 13.2 Å². The largest absolute Gasteiger partial charge is 0.416 e. The molecule has 0 radical (unpaired) electrons. The molecule has 2 fully saturated rings. The molecule has 3 unspecified atom stereocenters. The van der Waals surface area contributed by atoms with Crippen molar-refractivity contribution in [2.75, 3.05) is 19.6 Å². The fourth-order valence-electron chi connectivity index (χ4n) is 4.16. The lowest BCUT2D eigenvalue weighted by atomic mass is 9.83. The maximum absolute atomic E-state index is 13.2. The van der Waals surface area contributed by atoms with Gasteiger partial charge in [0.1, 0.15) is 0 Å². The van der Waals surface area contributed by atoms with Crippen LogP contribution in [0.2, 0.25) is 0 Å². The molecule has 3 rings (SSSR count). The molecule has 0 spiro atoms. The van der Waals surface area contributed by atoms with Gasteiger partial charge < -0.3 is 0 Å². The van der Waals surface area contributed by atoms with Crippen LogP contribution >= 0.6 is 0 Å². The topological polar surface area (TPSA) is 27.3 Å². The van der Waals surface area contributed by atoms with Gasteiger partial charge in [-0.2, -0.15) is 13.2 Å². The van der Waals surface area contributed by atoms with Crippen molar-refractivity contribution in [1.29, 1.82) is 0 Å². The third-order valence-corrected chi connectivity index (χ3v) is 5.43. The highest BCUT2D eigenvalue weighted by molar-refractivity contribution is 5.29. The highest BCUT2D eigenvalue weighted by Gasteiger charge is 2.36. The average Bonchev–Trinajstić information content (AvgIpc) is 3.03. The summed E-state index contributed by atoms with van der Waals surface area (Å²) >= 11 is 0. The zero-order valence-corrected chi connectivity index (χ0v) is 14.1. The number of halogens is 3. The number of nitrogens with one attached hydrogen (secondary N) is 2. The summed E-state index contributed by atoms with van der Waals surface area (Å²) in [6.45, 7) is 5.30. The van der Waals surface area contributed by atoms with E-state index in [0.29, 0.717) is 30.0 Å². The fourth-order valence-corrected chi connectivity index (χ4v) is 4.16. The molecule has 134 valence electrons. The van der Waals surface area contributed by atoms with E-state index in [4.69, 9.17) is 0 Å². The van der Waals surface area contributed by atoms with Crippen LogP contribution in [-0.2, 0) is 12.7 Å². The highest BCUT2D eigenvalue weighted by Crippen LogP contribution is 2.33. The molecule has 2 aliphatic heterocycles. The Morgan fingerprint density at radius 2 is 2.04 bits per heavy atom. The first-order valence-corrected chi connectivity index (χ1v) is 8.85. The normalized spacial score (nSPS) is 29.1. The monoisotopic (exact) mass is 341 g/mol. The van der Waals surface area contributed by atoms with Gasteiger partial charge in [-0.15, -0.1) is 0 Å². The van der Waals surface area contributed by atoms with Crippen molar-refractivity contribution in [1.82, 2.24) is 15.8 Å². The highest BCUT2D eigenvalue weighted by atomic mass is 19.4. The Kier molecular flexibility index (Phi) is 5.47. The van der Waals surface area contributed by atoms with E-state index >= 15 is 0 Å². The third kappa shape index (κ3) is 3.92. The Morgan fingerprint density at radius 3 is 2.79 bits per heavy atom. The van der Waals surface area contributed by atoms with E-state index in [1.807, 2.05) is 0 Å². The molecule has 3 nitrogen and oxygen atoms in total. The molecule has 2 N–H and O–H groups in total. The maximum atomic E-state index is 13.2. The summed E-state index contributed by atoms with van der Waals surface area (Å²) in [4.78, 5) is 2.19. The second-order valence-electron chi connectivity index (χ2n) is 7.01. The Bertz CT molecular complexity index is 547. The standard InChI is InChI=1S/C18H26F3N3/c1-2-13-10-22-23-17(13)15-7-5-9-24(12-15)11-14-6-3-4-8-16(14)18(19,20)21/h3-4,6,8,13,15,17,22-23H,2,5,7,9-12H2,1H3. The lowest BCUT2D eigenvalue weighted by molar-refractivity contribution is -0.138. The van der Waals surface area contributed by atoms with Gasteiger partial charge in [0.05, 0.1) is 5.56 Å². The minimum atomic E-state index is -4.28. The smallest absolute Gasteiger partial charge is 0.299 e. The molecule has 2 aliphatic rings. The molecular weight excluding hydrogens is 315 g/mol. The minimum absolute atomic E-state index is 0.378. The Labute approximate surface area is 141 Å². The molecule has 2 heterocycles. The van der Waals surface area contributed by atoms with E-state index < -0.39 is 11.7 Å². The second-order valence-corrected chi connectivity index (χ2v) is 7.01. The summed E-state index contributed by atoms with van der Waals surface area (Å²) in [5.41, 5.74) is 6.52. The van der Waals surface area contributed by atoms with Crippen molar-refractivity contribution in [2.45, 2.75) is 44.9 Å². The van der Waals surface area contributed by atoms with Crippen molar-refractivity contribution in [3.63, 3.8) is 0 Å². The molecule has 0 aromatic heterocycles. The van der Waals surface area contributed by atoms with Gasteiger partial charge in [-0.25, -0.2) is 0 Å². The molecule has 0 amide bonds. The summed E-state index contributed by atoms with van der Waals surface area (Å²) in [7, 11) is 0. The van der Waals surface area contributed by atoms with E-state index in [0.717, 1.165) is 38.9 Å². The summed E-state index contributed by atoms with van der Waals surface area (Å²) in [6.07, 6.45) is -0.963. The molecule has 1 aromatic rings. The first-order valence-electron chi connectivity index (χ1n) is 8.85. The predicted octanol–water partition coefficient (Wildman–Crippen LogP) is 3.42. The molecule has 0 saturated carbocycles. The Morgan fingerprint density at radius 1 is 1.25 bits per heavy atom. The summed E-state index contributed by atoms with van der Waals surface area (Å²) in [5.74, 6) is 1.11. The van der Waals surface area contributed by atoms with Crippen LogP contribution in [0, 0.1) is 11.8 Å². The van der Waals surface area contributed by atoms with E-state index in [-0.39, 0.29) is 0 Å². The molecule has 3 atom stereocenters. The fraction of sp³-hybridized carbons (Fsp3) is 0.667. The van der Waals surface area contributed by atoms with Gasteiger partial charge in [0.15, 0.2) is 0 Å².